The third-order valence-corrected chi connectivity index (χ3v) is 10.1. The summed E-state index contributed by atoms with van der Waals surface area (Å²) in [6, 6.07) is 0. The molecule has 0 amide bonds. The van der Waals surface area contributed by atoms with E-state index in [1.165, 1.54) is 0 Å². The van der Waals surface area contributed by atoms with E-state index in [4.69, 9.17) is 0 Å². The molecule has 4 saturated carbocycles. The number of carbonyl (C=O) groups is 2. The van der Waals surface area contributed by atoms with Gasteiger partial charge in [-0.15, -0.1) is 0 Å². The molecule has 5 nitrogen and oxygen atoms in total. The van der Waals surface area contributed by atoms with E-state index in [1.807, 2.05) is 0 Å². The van der Waals surface area contributed by atoms with Crippen molar-refractivity contribution >= 4 is 11.8 Å². The van der Waals surface area contributed by atoms with Crippen molar-refractivity contribution in [3.8, 4) is 0 Å². The highest BCUT2D eigenvalue weighted by Gasteiger charge is 2.65. The maximum Gasteiger partial charge on any atom is 0.136 e. The number of carbonyl (C=O) groups excluding carboxylic acids is 2. The second-order valence-corrected chi connectivity index (χ2v) is 11.2. The number of carboxylic acid groups (broad SMARTS) is 1. The fourth-order valence-electron chi connectivity index (χ4n) is 8.39. The standard InChI is InChI=1S/C24H38O5/c1-13(4-7-21(28)29)16-5-6-17-22-18(12-20(27)24(16,17)3)23(2)9-8-15(25)10-14(23)11-19(22)26/h13-18,20,22,25,27H,4-12H2,1-3H3,(H,28,29)/p-1/t13-,14+,15?,16-,17+,18+,20?,22+,23+,24-/m1/s1. The number of ketones is 1. The van der Waals surface area contributed by atoms with E-state index in [9.17, 15) is 24.9 Å². The Bertz CT molecular complexity index is 676. The summed E-state index contributed by atoms with van der Waals surface area (Å²) in [6.45, 7) is 6.57. The summed E-state index contributed by atoms with van der Waals surface area (Å²) in [5, 5.41) is 32.5. The molecule has 0 aromatic rings. The summed E-state index contributed by atoms with van der Waals surface area (Å²) < 4.78 is 0. The van der Waals surface area contributed by atoms with Crippen LogP contribution in [0.2, 0.25) is 0 Å². The summed E-state index contributed by atoms with van der Waals surface area (Å²) in [7, 11) is 0. The Labute approximate surface area is 174 Å². The van der Waals surface area contributed by atoms with Crippen LogP contribution in [0.5, 0.6) is 0 Å². The van der Waals surface area contributed by atoms with Crippen LogP contribution < -0.4 is 5.11 Å². The van der Waals surface area contributed by atoms with Gasteiger partial charge in [0.2, 0.25) is 0 Å². The first-order valence-electron chi connectivity index (χ1n) is 11.7. The van der Waals surface area contributed by atoms with Crippen molar-refractivity contribution < 1.29 is 24.9 Å². The van der Waals surface area contributed by atoms with Crippen molar-refractivity contribution in [3.05, 3.63) is 0 Å². The molecular formula is C24H37O5-. The molecule has 164 valence electrons. The van der Waals surface area contributed by atoms with Gasteiger partial charge in [0.25, 0.3) is 0 Å². The third-order valence-electron chi connectivity index (χ3n) is 10.1. The molecule has 0 radical (unpaired) electrons. The molecule has 2 N–H and O–H groups in total. The van der Waals surface area contributed by atoms with Gasteiger partial charge in [-0.1, -0.05) is 20.8 Å². The zero-order valence-electron chi connectivity index (χ0n) is 18.1. The van der Waals surface area contributed by atoms with Gasteiger partial charge in [0.15, 0.2) is 0 Å². The molecule has 4 aliphatic rings. The quantitative estimate of drug-likeness (QED) is 0.748. The van der Waals surface area contributed by atoms with Gasteiger partial charge >= 0.3 is 0 Å². The van der Waals surface area contributed by atoms with Crippen molar-refractivity contribution in [1.29, 1.82) is 0 Å². The summed E-state index contributed by atoms with van der Waals surface area (Å²) in [5.41, 5.74) is -0.293. The van der Waals surface area contributed by atoms with Gasteiger partial charge in [-0.05, 0) is 86.4 Å². The van der Waals surface area contributed by atoms with Crippen LogP contribution in [0.1, 0.15) is 78.6 Å². The number of carboxylic acids is 1. The summed E-state index contributed by atoms with van der Waals surface area (Å²) in [4.78, 5) is 24.3. The van der Waals surface area contributed by atoms with Gasteiger partial charge in [-0.3, -0.25) is 4.79 Å². The fourth-order valence-corrected chi connectivity index (χ4v) is 8.39. The number of aliphatic carboxylic acids is 1. The van der Waals surface area contributed by atoms with Crippen LogP contribution in [-0.2, 0) is 9.59 Å². The molecule has 5 heteroatoms. The Morgan fingerprint density at radius 1 is 1.17 bits per heavy atom. The average Bonchev–Trinajstić information content (AvgIpc) is 3.01. The summed E-state index contributed by atoms with van der Waals surface area (Å²) in [6.07, 6.45) is 5.47. The monoisotopic (exact) mass is 405 g/mol. The zero-order valence-corrected chi connectivity index (χ0v) is 18.1. The van der Waals surface area contributed by atoms with E-state index < -0.39 is 12.1 Å². The van der Waals surface area contributed by atoms with Gasteiger partial charge in [-0.25, -0.2) is 0 Å². The van der Waals surface area contributed by atoms with Crippen LogP contribution in [0.3, 0.4) is 0 Å². The SMILES string of the molecule is C[C@H](CCC(=O)[O-])[C@H]1CC[C@H]2[C@@H]3C(=O)C[C@@H]4CC(O)CC[C@]4(C)[C@H]3CC(O)[C@]12C. The highest BCUT2D eigenvalue weighted by Crippen LogP contribution is 2.67. The lowest BCUT2D eigenvalue weighted by molar-refractivity contribution is -0.306. The second-order valence-electron chi connectivity index (χ2n) is 11.2. The van der Waals surface area contributed by atoms with Crippen LogP contribution in [0.4, 0.5) is 0 Å². The number of rotatable bonds is 4. The molecule has 0 heterocycles. The van der Waals surface area contributed by atoms with Gasteiger partial charge in [0.05, 0.1) is 12.2 Å². The predicted octanol–water partition coefficient (Wildman–Crippen LogP) is 2.32. The van der Waals surface area contributed by atoms with E-state index in [0.29, 0.717) is 31.5 Å². The molecular weight excluding hydrogens is 368 g/mol. The number of Topliss-reactive ketones (excluding diaryl/α,β-unsaturated/α-hetero) is 1. The molecule has 29 heavy (non-hydrogen) atoms. The van der Waals surface area contributed by atoms with Gasteiger partial charge in [0, 0.05) is 23.7 Å². The van der Waals surface area contributed by atoms with Crippen molar-refractivity contribution in [2.45, 2.75) is 90.8 Å². The highest BCUT2D eigenvalue weighted by molar-refractivity contribution is 5.83. The normalized spacial score (nSPS) is 50.4. The Morgan fingerprint density at radius 2 is 1.90 bits per heavy atom. The average molecular weight is 406 g/mol. The molecule has 4 rings (SSSR count). The molecule has 0 spiro atoms. The topological polar surface area (TPSA) is 97.7 Å². The minimum atomic E-state index is -1.01. The summed E-state index contributed by atoms with van der Waals surface area (Å²) in [5.74, 6) is 0.402. The Morgan fingerprint density at radius 3 is 2.59 bits per heavy atom. The number of hydrogen-bond donors (Lipinski definition) is 2. The van der Waals surface area contributed by atoms with Crippen molar-refractivity contribution in [2.75, 3.05) is 0 Å². The lowest BCUT2D eigenvalue weighted by Gasteiger charge is -2.61. The number of aliphatic hydroxyl groups is 2. The first-order chi connectivity index (χ1) is 13.6. The molecule has 0 bridgehead atoms. The number of fused-ring (bicyclic) bond motifs is 5. The zero-order chi connectivity index (χ0) is 21.1. The molecule has 0 aromatic heterocycles. The largest absolute Gasteiger partial charge is 0.550 e. The Hall–Kier alpha value is -0.940. The first-order valence-corrected chi connectivity index (χ1v) is 11.7. The number of aliphatic hydroxyl groups excluding tert-OH is 2. The van der Waals surface area contributed by atoms with Crippen LogP contribution in [0, 0.1) is 46.3 Å². The van der Waals surface area contributed by atoms with E-state index >= 15 is 0 Å². The molecule has 0 saturated heterocycles. The molecule has 10 atom stereocenters. The maximum absolute atomic E-state index is 13.4. The van der Waals surface area contributed by atoms with Crippen LogP contribution >= 0.6 is 0 Å². The molecule has 0 aromatic carbocycles. The molecule has 4 fully saturated rings. The summed E-state index contributed by atoms with van der Waals surface area (Å²) >= 11 is 0. The van der Waals surface area contributed by atoms with E-state index in [-0.39, 0.29) is 58.9 Å². The van der Waals surface area contributed by atoms with Crippen LogP contribution in [0.25, 0.3) is 0 Å². The maximum atomic E-state index is 13.4. The third kappa shape index (κ3) is 3.18. The number of hydrogen-bond acceptors (Lipinski definition) is 5. The van der Waals surface area contributed by atoms with E-state index in [2.05, 4.69) is 20.8 Å². The molecule has 0 aliphatic heterocycles. The molecule has 2 unspecified atom stereocenters. The second kappa shape index (κ2) is 7.33. The predicted molar refractivity (Wildman–Crippen MR) is 106 cm³/mol. The first kappa shape index (κ1) is 21.3. The fraction of sp³-hybridized carbons (Fsp3) is 0.917. The minimum absolute atomic E-state index is 0.0123. The van der Waals surface area contributed by atoms with E-state index in [1.54, 1.807) is 0 Å². The highest BCUT2D eigenvalue weighted by atomic mass is 16.4. The van der Waals surface area contributed by atoms with Crippen LogP contribution in [-0.4, -0.2) is 34.2 Å². The van der Waals surface area contributed by atoms with Crippen molar-refractivity contribution in [1.82, 2.24) is 0 Å². The Kier molecular flexibility index (Phi) is 5.39. The van der Waals surface area contributed by atoms with Gasteiger partial charge in [-0.2, -0.15) is 0 Å². The van der Waals surface area contributed by atoms with Crippen LogP contribution in [0.15, 0.2) is 0 Å². The smallest absolute Gasteiger partial charge is 0.136 e. The van der Waals surface area contributed by atoms with Gasteiger partial charge in [0.1, 0.15) is 5.78 Å². The van der Waals surface area contributed by atoms with Gasteiger partial charge < -0.3 is 20.1 Å². The lowest BCUT2D eigenvalue weighted by Crippen LogP contribution is -2.61. The Balaban J connectivity index is 1.62. The molecule has 4 aliphatic carbocycles. The van der Waals surface area contributed by atoms with Crippen molar-refractivity contribution in [3.63, 3.8) is 0 Å². The van der Waals surface area contributed by atoms with Crippen molar-refractivity contribution in [2.24, 2.45) is 46.3 Å². The lowest BCUT2D eigenvalue weighted by atomic mass is 9.43. The van der Waals surface area contributed by atoms with E-state index in [0.717, 1.165) is 25.7 Å². The minimum Gasteiger partial charge on any atom is -0.550 e.